The summed E-state index contributed by atoms with van der Waals surface area (Å²) in [6, 6.07) is 9.76. The topological polar surface area (TPSA) is 73.1 Å². The van der Waals surface area contributed by atoms with Gasteiger partial charge < -0.3 is 0 Å². The highest BCUT2D eigenvalue weighted by atomic mass is 16.6. The molecule has 19 heavy (non-hydrogen) atoms. The summed E-state index contributed by atoms with van der Waals surface area (Å²) in [5, 5.41) is 10.7. The summed E-state index contributed by atoms with van der Waals surface area (Å²) in [7, 11) is 0. The minimum atomic E-state index is -0.456. The van der Waals surface area contributed by atoms with Gasteiger partial charge in [0.2, 0.25) is 0 Å². The molecule has 1 aromatic heterocycles. The van der Waals surface area contributed by atoms with E-state index in [2.05, 4.69) is 4.98 Å². The van der Waals surface area contributed by atoms with Crippen molar-refractivity contribution in [3.05, 3.63) is 69.5 Å². The van der Waals surface area contributed by atoms with Crippen molar-refractivity contribution in [1.82, 2.24) is 4.98 Å². The molecule has 0 unspecified atom stereocenters. The Kier molecular flexibility index (Phi) is 3.66. The minimum Gasteiger partial charge on any atom is -0.294 e. The molecule has 96 valence electrons. The number of hydrogen-bond donors (Lipinski definition) is 0. The maximum Gasteiger partial charge on any atom is 0.272 e. The Bertz CT molecular complexity index is 624. The van der Waals surface area contributed by atoms with Crippen LogP contribution in [-0.2, 0) is 6.42 Å². The Hall–Kier alpha value is -2.56. The lowest BCUT2D eigenvalue weighted by molar-refractivity contribution is -0.385. The van der Waals surface area contributed by atoms with Crippen LogP contribution < -0.4 is 0 Å². The van der Waals surface area contributed by atoms with E-state index in [1.165, 1.54) is 12.1 Å². The number of aryl methyl sites for hydroxylation is 1. The third-order valence-electron chi connectivity index (χ3n) is 2.78. The van der Waals surface area contributed by atoms with Crippen molar-refractivity contribution in [2.45, 2.75) is 13.3 Å². The van der Waals surface area contributed by atoms with Crippen LogP contribution in [0.1, 0.15) is 21.6 Å². The van der Waals surface area contributed by atoms with Gasteiger partial charge in [0.05, 0.1) is 11.3 Å². The second kappa shape index (κ2) is 5.39. The summed E-state index contributed by atoms with van der Waals surface area (Å²) >= 11 is 0. The van der Waals surface area contributed by atoms with Crippen LogP contribution in [-0.4, -0.2) is 15.7 Å². The first-order chi connectivity index (χ1) is 9.08. The average molecular weight is 256 g/mol. The molecule has 5 nitrogen and oxygen atoms in total. The molecule has 2 rings (SSSR count). The summed E-state index contributed by atoms with van der Waals surface area (Å²) in [6.45, 7) is 1.62. The lowest BCUT2D eigenvalue weighted by Crippen LogP contribution is -2.05. The fourth-order valence-electron chi connectivity index (χ4n) is 1.80. The molecule has 2 aromatic rings. The molecule has 0 spiro atoms. The largest absolute Gasteiger partial charge is 0.294 e. The van der Waals surface area contributed by atoms with E-state index in [0.717, 1.165) is 0 Å². The molecule has 1 aromatic carbocycles. The molecule has 0 N–H and O–H groups in total. The summed E-state index contributed by atoms with van der Waals surface area (Å²) < 4.78 is 0. The third kappa shape index (κ3) is 3.01. The smallest absolute Gasteiger partial charge is 0.272 e. The SMILES string of the molecule is Cc1cc(C(=O)Cc2ccccn2)ccc1[N+](=O)[O-]. The van der Waals surface area contributed by atoms with Gasteiger partial charge in [-0.25, -0.2) is 0 Å². The Morgan fingerprint density at radius 2 is 2.11 bits per heavy atom. The zero-order chi connectivity index (χ0) is 13.8. The summed E-state index contributed by atoms with van der Waals surface area (Å²) in [6.07, 6.45) is 1.82. The van der Waals surface area contributed by atoms with Crippen molar-refractivity contribution in [2.75, 3.05) is 0 Å². The summed E-state index contributed by atoms with van der Waals surface area (Å²) in [5.41, 5.74) is 1.66. The fourth-order valence-corrected chi connectivity index (χ4v) is 1.80. The molecule has 0 saturated heterocycles. The van der Waals surface area contributed by atoms with E-state index < -0.39 is 4.92 Å². The number of pyridine rings is 1. The number of aromatic nitrogens is 1. The Labute approximate surface area is 110 Å². The van der Waals surface area contributed by atoms with Crippen molar-refractivity contribution >= 4 is 11.5 Å². The number of nitro benzene ring substituents is 1. The van der Waals surface area contributed by atoms with E-state index in [-0.39, 0.29) is 17.9 Å². The van der Waals surface area contributed by atoms with Gasteiger partial charge in [-0.3, -0.25) is 19.9 Å². The molecule has 0 aliphatic rings. The van der Waals surface area contributed by atoms with Gasteiger partial charge in [-0.15, -0.1) is 0 Å². The maximum atomic E-state index is 12.0. The zero-order valence-electron chi connectivity index (χ0n) is 10.4. The van der Waals surface area contributed by atoms with E-state index in [0.29, 0.717) is 16.8 Å². The van der Waals surface area contributed by atoms with E-state index in [1.807, 2.05) is 6.07 Å². The molecule has 0 atom stereocenters. The van der Waals surface area contributed by atoms with Gasteiger partial charge in [-0.1, -0.05) is 6.07 Å². The highest BCUT2D eigenvalue weighted by Crippen LogP contribution is 2.19. The first-order valence-corrected chi connectivity index (χ1v) is 5.76. The van der Waals surface area contributed by atoms with Crippen LogP contribution in [0.15, 0.2) is 42.6 Å². The van der Waals surface area contributed by atoms with Gasteiger partial charge in [-0.05, 0) is 31.2 Å². The molecule has 1 heterocycles. The van der Waals surface area contributed by atoms with Gasteiger partial charge in [-0.2, -0.15) is 0 Å². The number of nitro groups is 1. The van der Waals surface area contributed by atoms with Crippen molar-refractivity contribution in [1.29, 1.82) is 0 Å². The standard InChI is InChI=1S/C14H12N2O3/c1-10-8-11(5-6-13(10)16(18)19)14(17)9-12-4-2-3-7-15-12/h2-8H,9H2,1H3. The Morgan fingerprint density at radius 3 is 2.68 bits per heavy atom. The predicted octanol–water partition coefficient (Wildman–Crippen LogP) is 2.72. The first-order valence-electron chi connectivity index (χ1n) is 5.76. The number of hydrogen-bond acceptors (Lipinski definition) is 4. The van der Waals surface area contributed by atoms with Gasteiger partial charge in [0, 0.05) is 29.1 Å². The monoisotopic (exact) mass is 256 g/mol. The second-order valence-corrected chi connectivity index (χ2v) is 4.18. The van der Waals surface area contributed by atoms with Gasteiger partial charge >= 0.3 is 0 Å². The molecule has 0 radical (unpaired) electrons. The van der Waals surface area contributed by atoms with Crippen LogP contribution in [0.2, 0.25) is 0 Å². The molecular weight excluding hydrogens is 244 g/mol. The minimum absolute atomic E-state index is 0.0226. The third-order valence-corrected chi connectivity index (χ3v) is 2.78. The van der Waals surface area contributed by atoms with Gasteiger partial charge in [0.25, 0.3) is 5.69 Å². The highest BCUT2D eigenvalue weighted by molar-refractivity contribution is 5.97. The number of benzene rings is 1. The van der Waals surface area contributed by atoms with Crippen LogP contribution in [0.3, 0.4) is 0 Å². The maximum absolute atomic E-state index is 12.0. The predicted molar refractivity (Wildman–Crippen MR) is 70.1 cm³/mol. The molecule has 0 bridgehead atoms. The van der Waals surface area contributed by atoms with E-state index in [4.69, 9.17) is 0 Å². The number of carbonyl (C=O) groups excluding carboxylic acids is 1. The fraction of sp³-hybridized carbons (Fsp3) is 0.143. The van der Waals surface area contributed by atoms with E-state index in [1.54, 1.807) is 31.3 Å². The Morgan fingerprint density at radius 1 is 1.32 bits per heavy atom. The quantitative estimate of drug-likeness (QED) is 0.479. The Balaban J connectivity index is 2.21. The number of rotatable bonds is 4. The molecule has 0 fully saturated rings. The molecular formula is C14H12N2O3. The second-order valence-electron chi connectivity index (χ2n) is 4.18. The van der Waals surface area contributed by atoms with Crippen LogP contribution in [0.25, 0.3) is 0 Å². The van der Waals surface area contributed by atoms with Crippen LogP contribution in [0, 0.1) is 17.0 Å². The molecule has 0 aliphatic heterocycles. The lowest BCUT2D eigenvalue weighted by Gasteiger charge is -2.03. The summed E-state index contributed by atoms with van der Waals surface area (Å²) in [4.78, 5) is 26.4. The zero-order valence-corrected chi connectivity index (χ0v) is 10.4. The number of Topliss-reactive ketones (excluding diaryl/α,β-unsaturated/α-hetero) is 1. The van der Waals surface area contributed by atoms with Crippen molar-refractivity contribution in [3.63, 3.8) is 0 Å². The van der Waals surface area contributed by atoms with Crippen LogP contribution >= 0.6 is 0 Å². The molecule has 5 heteroatoms. The highest BCUT2D eigenvalue weighted by Gasteiger charge is 2.14. The number of ketones is 1. The normalized spacial score (nSPS) is 10.2. The first kappa shape index (κ1) is 12.9. The summed E-state index contributed by atoms with van der Waals surface area (Å²) in [5.74, 6) is -0.100. The number of nitrogens with zero attached hydrogens (tertiary/aromatic N) is 2. The molecule has 0 saturated carbocycles. The van der Waals surface area contributed by atoms with E-state index >= 15 is 0 Å². The van der Waals surface area contributed by atoms with Gasteiger partial charge in [0.15, 0.2) is 5.78 Å². The average Bonchev–Trinajstić information content (AvgIpc) is 2.39. The van der Waals surface area contributed by atoms with Crippen molar-refractivity contribution < 1.29 is 9.72 Å². The van der Waals surface area contributed by atoms with Crippen LogP contribution in [0.5, 0.6) is 0 Å². The molecule has 0 aliphatic carbocycles. The molecule has 0 amide bonds. The van der Waals surface area contributed by atoms with Crippen molar-refractivity contribution in [2.24, 2.45) is 0 Å². The van der Waals surface area contributed by atoms with Crippen LogP contribution in [0.4, 0.5) is 5.69 Å². The van der Waals surface area contributed by atoms with Gasteiger partial charge in [0.1, 0.15) is 0 Å². The lowest BCUT2D eigenvalue weighted by atomic mass is 10.0. The number of carbonyl (C=O) groups is 1. The van der Waals surface area contributed by atoms with Crippen molar-refractivity contribution in [3.8, 4) is 0 Å². The van der Waals surface area contributed by atoms with E-state index in [9.17, 15) is 14.9 Å².